The zero-order valence-corrected chi connectivity index (χ0v) is 10.4. The number of H-pyrrole nitrogens is 1. The normalized spacial score (nSPS) is 11.3. The third-order valence-corrected chi connectivity index (χ3v) is 3.53. The van der Waals surface area contributed by atoms with Gasteiger partial charge in [0.2, 0.25) is 0 Å². The fourth-order valence-electron chi connectivity index (χ4n) is 2.29. The highest BCUT2D eigenvalue weighted by Gasteiger charge is 2.10. The van der Waals surface area contributed by atoms with Gasteiger partial charge >= 0.3 is 0 Å². The second-order valence-corrected chi connectivity index (χ2v) is 4.49. The molecule has 2 heterocycles. The van der Waals surface area contributed by atoms with E-state index in [1.165, 1.54) is 0 Å². The molecule has 0 fully saturated rings. The van der Waals surface area contributed by atoms with Gasteiger partial charge in [0, 0.05) is 24.0 Å². The van der Waals surface area contributed by atoms with Crippen LogP contribution in [0.5, 0.6) is 0 Å². The molecule has 3 aromatic rings. The van der Waals surface area contributed by atoms with E-state index >= 15 is 0 Å². The van der Waals surface area contributed by atoms with E-state index in [-0.39, 0.29) is 6.61 Å². The summed E-state index contributed by atoms with van der Waals surface area (Å²) in [6.45, 7) is 2.09. The molecule has 0 saturated heterocycles. The Morgan fingerprint density at radius 2 is 2.17 bits per heavy atom. The molecule has 0 radical (unpaired) electrons. The quantitative estimate of drug-likeness (QED) is 0.723. The summed E-state index contributed by atoms with van der Waals surface area (Å²) in [4.78, 5) is 7.33. The maximum Gasteiger partial charge on any atom is 0.0931 e. The third kappa shape index (κ3) is 1.54. The summed E-state index contributed by atoms with van der Waals surface area (Å²) in [6, 6.07) is 8.17. The Hall–Kier alpha value is -2.07. The Morgan fingerprint density at radius 1 is 1.33 bits per heavy atom. The number of rotatable bonds is 2. The van der Waals surface area contributed by atoms with Crippen LogP contribution in [0.25, 0.3) is 22.3 Å². The first-order valence-corrected chi connectivity index (χ1v) is 5.90. The molecule has 0 aliphatic carbocycles. The lowest BCUT2D eigenvalue weighted by atomic mass is 10.1. The van der Waals surface area contributed by atoms with Crippen molar-refractivity contribution in [3.63, 3.8) is 0 Å². The van der Waals surface area contributed by atoms with Crippen molar-refractivity contribution in [2.45, 2.75) is 13.5 Å². The van der Waals surface area contributed by atoms with Gasteiger partial charge in [-0.05, 0) is 30.7 Å². The predicted octanol–water partition coefficient (Wildman–Crippen LogP) is 2.37. The smallest absolute Gasteiger partial charge is 0.0931 e. The molecule has 0 aliphatic heterocycles. The number of hydrogen-bond acceptors (Lipinski definition) is 2. The highest BCUT2D eigenvalue weighted by atomic mass is 16.3. The lowest BCUT2D eigenvalue weighted by Crippen LogP contribution is -1.95. The van der Waals surface area contributed by atoms with E-state index in [0.29, 0.717) is 0 Å². The molecule has 92 valence electrons. The summed E-state index contributed by atoms with van der Waals surface area (Å²) < 4.78 is 2.10. The summed E-state index contributed by atoms with van der Waals surface area (Å²) in [5.41, 5.74) is 6.28. The summed E-state index contributed by atoms with van der Waals surface area (Å²) in [6.07, 6.45) is 1.70. The zero-order chi connectivity index (χ0) is 12.7. The molecule has 2 N–H and O–H groups in total. The van der Waals surface area contributed by atoms with E-state index in [2.05, 4.69) is 26.7 Å². The first kappa shape index (κ1) is 11.0. The van der Waals surface area contributed by atoms with Crippen molar-refractivity contribution < 1.29 is 5.11 Å². The van der Waals surface area contributed by atoms with Crippen LogP contribution in [-0.2, 0) is 13.7 Å². The molecule has 0 unspecified atom stereocenters. The molecule has 18 heavy (non-hydrogen) atoms. The van der Waals surface area contributed by atoms with Crippen molar-refractivity contribution >= 4 is 11.0 Å². The highest BCUT2D eigenvalue weighted by molar-refractivity contribution is 5.81. The minimum Gasteiger partial charge on any atom is -0.392 e. The minimum atomic E-state index is 0.0754. The van der Waals surface area contributed by atoms with E-state index in [0.717, 1.165) is 33.5 Å². The Labute approximate surface area is 105 Å². The molecule has 1 aromatic carbocycles. The summed E-state index contributed by atoms with van der Waals surface area (Å²) >= 11 is 0. The number of aliphatic hydroxyl groups is 1. The van der Waals surface area contributed by atoms with Crippen molar-refractivity contribution in [3.05, 3.63) is 41.9 Å². The summed E-state index contributed by atoms with van der Waals surface area (Å²) in [7, 11) is 2.01. The molecule has 0 spiro atoms. The van der Waals surface area contributed by atoms with Crippen LogP contribution in [0.15, 0.2) is 30.6 Å². The number of nitrogens with one attached hydrogen (secondary N) is 1. The lowest BCUT2D eigenvalue weighted by molar-refractivity contribution is 0.281. The maximum absolute atomic E-state index is 9.31. The van der Waals surface area contributed by atoms with E-state index in [4.69, 9.17) is 0 Å². The molecular formula is C14H15N3O. The van der Waals surface area contributed by atoms with E-state index in [9.17, 15) is 5.11 Å². The molecule has 0 aliphatic rings. The molecular weight excluding hydrogens is 226 g/mol. The molecule has 2 aromatic heterocycles. The van der Waals surface area contributed by atoms with E-state index in [1.807, 2.05) is 26.1 Å². The first-order valence-electron chi connectivity index (χ1n) is 5.90. The number of imidazole rings is 1. The third-order valence-electron chi connectivity index (χ3n) is 3.53. The first-order chi connectivity index (χ1) is 8.70. The van der Waals surface area contributed by atoms with E-state index in [1.54, 1.807) is 6.33 Å². The largest absolute Gasteiger partial charge is 0.392 e. The van der Waals surface area contributed by atoms with Gasteiger partial charge in [0.1, 0.15) is 0 Å². The second kappa shape index (κ2) is 3.99. The van der Waals surface area contributed by atoms with Crippen molar-refractivity contribution in [3.8, 4) is 11.3 Å². The number of hydrogen-bond donors (Lipinski definition) is 2. The monoisotopic (exact) mass is 241 g/mol. The van der Waals surface area contributed by atoms with Crippen LogP contribution < -0.4 is 0 Å². The molecule has 4 nitrogen and oxygen atoms in total. The van der Waals surface area contributed by atoms with Crippen LogP contribution in [0, 0.1) is 6.92 Å². The number of nitrogens with zero attached hydrogens (tertiary/aromatic N) is 2. The fourth-order valence-corrected chi connectivity index (χ4v) is 2.29. The molecule has 0 amide bonds. The number of aliphatic hydroxyl groups excluding tert-OH is 1. The van der Waals surface area contributed by atoms with Crippen LogP contribution in [0.1, 0.15) is 11.3 Å². The molecule has 4 heteroatoms. The van der Waals surface area contributed by atoms with Gasteiger partial charge in [-0.3, -0.25) is 0 Å². The van der Waals surface area contributed by atoms with Crippen LogP contribution >= 0.6 is 0 Å². The number of aromatic amines is 1. The predicted molar refractivity (Wildman–Crippen MR) is 71.2 cm³/mol. The Morgan fingerprint density at radius 3 is 2.89 bits per heavy atom. The van der Waals surface area contributed by atoms with Crippen molar-refractivity contribution in [2.24, 2.45) is 7.05 Å². The van der Waals surface area contributed by atoms with Crippen molar-refractivity contribution in [1.82, 2.24) is 14.5 Å². The number of benzene rings is 1. The Kier molecular flexibility index (Phi) is 2.45. The summed E-state index contributed by atoms with van der Waals surface area (Å²) in [5, 5.41) is 9.31. The zero-order valence-electron chi connectivity index (χ0n) is 10.4. The van der Waals surface area contributed by atoms with Crippen LogP contribution in [0.2, 0.25) is 0 Å². The van der Waals surface area contributed by atoms with E-state index < -0.39 is 0 Å². The highest BCUT2D eigenvalue weighted by Crippen LogP contribution is 2.26. The van der Waals surface area contributed by atoms with Crippen LogP contribution in [0.4, 0.5) is 0 Å². The maximum atomic E-state index is 9.31. The van der Waals surface area contributed by atoms with Crippen LogP contribution in [0.3, 0.4) is 0 Å². The standard InChI is InChI=1S/C14H15N3O/c1-9-11(7-18)6-14(17(9)2)10-3-4-12-13(5-10)16-8-15-12/h3-6,8,18H,7H2,1-2H3,(H,15,16). The van der Waals surface area contributed by atoms with Crippen molar-refractivity contribution in [2.75, 3.05) is 0 Å². The Balaban J connectivity index is 2.19. The molecule has 0 saturated carbocycles. The Bertz CT molecular complexity index is 709. The number of fused-ring (bicyclic) bond motifs is 1. The topological polar surface area (TPSA) is 53.8 Å². The van der Waals surface area contributed by atoms with Gasteiger partial charge < -0.3 is 14.7 Å². The molecule has 0 bridgehead atoms. The van der Waals surface area contributed by atoms with Gasteiger partial charge in [-0.1, -0.05) is 6.07 Å². The van der Waals surface area contributed by atoms with Crippen molar-refractivity contribution in [1.29, 1.82) is 0 Å². The molecule has 0 atom stereocenters. The van der Waals surface area contributed by atoms with Gasteiger partial charge in [-0.25, -0.2) is 4.98 Å². The average molecular weight is 241 g/mol. The van der Waals surface area contributed by atoms with Gasteiger partial charge in [0.05, 0.1) is 24.0 Å². The summed E-state index contributed by atoms with van der Waals surface area (Å²) in [5.74, 6) is 0. The lowest BCUT2D eigenvalue weighted by Gasteiger charge is -2.05. The van der Waals surface area contributed by atoms with Gasteiger partial charge in [0.25, 0.3) is 0 Å². The second-order valence-electron chi connectivity index (χ2n) is 4.49. The SMILES string of the molecule is Cc1c(CO)cc(-c2ccc3nc[nH]c3c2)n1C. The average Bonchev–Trinajstić information content (AvgIpc) is 2.95. The fraction of sp³-hybridized carbons (Fsp3) is 0.214. The minimum absolute atomic E-state index is 0.0754. The van der Waals surface area contributed by atoms with Crippen LogP contribution in [-0.4, -0.2) is 19.6 Å². The number of aromatic nitrogens is 3. The molecule has 3 rings (SSSR count). The van der Waals surface area contributed by atoms with Gasteiger partial charge in [-0.2, -0.15) is 0 Å². The van der Waals surface area contributed by atoms with Gasteiger partial charge in [-0.15, -0.1) is 0 Å². The van der Waals surface area contributed by atoms with Gasteiger partial charge in [0.15, 0.2) is 0 Å².